The first-order valence-electron chi connectivity index (χ1n) is 6.03. The van der Waals surface area contributed by atoms with Gasteiger partial charge in [0.1, 0.15) is 0 Å². The van der Waals surface area contributed by atoms with E-state index in [0.29, 0.717) is 11.4 Å². The van der Waals surface area contributed by atoms with E-state index in [0.717, 1.165) is 0 Å². The smallest absolute Gasteiger partial charge is 0.263 e. The molecule has 0 bridgehead atoms. The predicted molar refractivity (Wildman–Crippen MR) is 80.5 cm³/mol. The molecule has 0 aromatic heterocycles. The quantitative estimate of drug-likeness (QED) is 0.627. The van der Waals surface area contributed by atoms with Crippen molar-refractivity contribution in [3.63, 3.8) is 0 Å². The second kappa shape index (κ2) is 4.86. The van der Waals surface area contributed by atoms with Crippen LogP contribution in [0.2, 0.25) is 0 Å². The Morgan fingerprint density at radius 3 is 1.35 bits per heavy atom. The van der Waals surface area contributed by atoms with E-state index in [1.54, 1.807) is 48.5 Å². The van der Waals surface area contributed by atoms with Crippen LogP contribution in [0.15, 0.2) is 60.7 Å². The van der Waals surface area contributed by atoms with Crippen molar-refractivity contribution in [2.24, 2.45) is 0 Å². The van der Waals surface area contributed by atoms with Crippen LogP contribution in [0.25, 0.3) is 0 Å². The minimum Gasteiger partial charge on any atom is -0.263 e. The first-order chi connectivity index (χ1) is 9.70. The molecule has 2 amide bonds. The number of hydrogen-bond donors (Lipinski definition) is 0. The van der Waals surface area contributed by atoms with Crippen LogP contribution in [0.1, 0.15) is 0 Å². The van der Waals surface area contributed by atoms with Crippen LogP contribution in [-0.4, -0.2) is 16.9 Å². The van der Waals surface area contributed by atoms with Gasteiger partial charge in [-0.3, -0.25) is 9.59 Å². The zero-order valence-electron chi connectivity index (χ0n) is 10.4. The molecule has 3 rings (SSSR count). The highest BCUT2D eigenvalue weighted by molar-refractivity contribution is 7.81. The van der Waals surface area contributed by atoms with Crippen molar-refractivity contribution < 1.29 is 9.59 Å². The van der Waals surface area contributed by atoms with Gasteiger partial charge in [-0.1, -0.05) is 36.4 Å². The van der Waals surface area contributed by atoms with Crippen LogP contribution in [0.4, 0.5) is 11.4 Å². The van der Waals surface area contributed by atoms with Gasteiger partial charge in [-0.15, -0.1) is 0 Å². The van der Waals surface area contributed by atoms with Crippen LogP contribution in [0.5, 0.6) is 0 Å². The minimum absolute atomic E-state index is 0.178. The average Bonchev–Trinajstić information content (AvgIpc) is 2.71. The van der Waals surface area contributed by atoms with Crippen LogP contribution >= 0.6 is 12.2 Å². The molecule has 5 heteroatoms. The van der Waals surface area contributed by atoms with Crippen molar-refractivity contribution in [1.29, 1.82) is 0 Å². The first kappa shape index (κ1) is 12.5. The Labute approximate surface area is 121 Å². The zero-order valence-corrected chi connectivity index (χ0v) is 11.2. The third-order valence-corrected chi connectivity index (χ3v) is 3.37. The van der Waals surface area contributed by atoms with Crippen molar-refractivity contribution in [3.05, 3.63) is 60.7 Å². The van der Waals surface area contributed by atoms with Crippen molar-refractivity contribution in [2.45, 2.75) is 0 Å². The fourth-order valence-electron chi connectivity index (χ4n) is 2.07. The molecular weight excluding hydrogens is 272 g/mol. The molecule has 2 aromatic rings. The highest BCUT2D eigenvalue weighted by Gasteiger charge is 2.43. The number of para-hydroxylation sites is 2. The highest BCUT2D eigenvalue weighted by Crippen LogP contribution is 2.26. The lowest BCUT2D eigenvalue weighted by Gasteiger charge is -2.18. The second-order valence-corrected chi connectivity index (χ2v) is 4.60. The summed E-state index contributed by atoms with van der Waals surface area (Å²) in [7, 11) is 0. The second-order valence-electron chi connectivity index (χ2n) is 4.23. The molecule has 1 heterocycles. The summed E-state index contributed by atoms with van der Waals surface area (Å²) in [5.74, 6) is -1.27. The number of amides is 2. The zero-order chi connectivity index (χ0) is 14.1. The van der Waals surface area contributed by atoms with Gasteiger partial charge >= 0.3 is 11.8 Å². The van der Waals surface area contributed by atoms with Gasteiger partial charge in [0, 0.05) is 0 Å². The molecule has 0 N–H and O–H groups in total. The van der Waals surface area contributed by atoms with E-state index in [2.05, 4.69) is 0 Å². The van der Waals surface area contributed by atoms with E-state index in [1.807, 2.05) is 12.1 Å². The molecule has 0 aliphatic carbocycles. The van der Waals surface area contributed by atoms with E-state index in [4.69, 9.17) is 12.2 Å². The Morgan fingerprint density at radius 1 is 0.650 bits per heavy atom. The Bertz CT molecular complexity index is 626. The lowest BCUT2D eigenvalue weighted by Crippen LogP contribution is -2.33. The molecular formula is C15H10N2O2S. The third kappa shape index (κ3) is 1.88. The molecule has 4 nitrogen and oxygen atoms in total. The summed E-state index contributed by atoms with van der Waals surface area (Å²) in [6, 6.07) is 17.8. The van der Waals surface area contributed by atoms with E-state index >= 15 is 0 Å². The summed E-state index contributed by atoms with van der Waals surface area (Å²) >= 11 is 5.29. The van der Waals surface area contributed by atoms with Crippen molar-refractivity contribution >= 4 is 40.5 Å². The number of benzene rings is 2. The summed E-state index contributed by atoms with van der Waals surface area (Å²) in [4.78, 5) is 26.8. The van der Waals surface area contributed by atoms with Gasteiger partial charge in [-0.2, -0.15) is 0 Å². The van der Waals surface area contributed by atoms with Crippen molar-refractivity contribution in [1.82, 2.24) is 0 Å². The lowest BCUT2D eigenvalue weighted by atomic mass is 10.3. The summed E-state index contributed by atoms with van der Waals surface area (Å²) < 4.78 is 0. The standard InChI is InChI=1S/C15H10N2O2S/c18-13-14(19)17(12-9-5-2-6-10-12)15(20)16(13)11-7-3-1-4-8-11/h1-10H. The highest BCUT2D eigenvalue weighted by atomic mass is 32.1. The molecule has 1 aliphatic heterocycles. The Balaban J connectivity index is 2.03. The van der Waals surface area contributed by atoms with Crippen molar-refractivity contribution in [2.75, 3.05) is 9.80 Å². The molecule has 20 heavy (non-hydrogen) atoms. The Kier molecular flexibility index (Phi) is 3.04. The number of thiocarbonyl (C=S) groups is 1. The first-order valence-corrected chi connectivity index (χ1v) is 6.43. The number of carbonyl (C=O) groups is 2. The van der Waals surface area contributed by atoms with Gasteiger partial charge in [0.05, 0.1) is 11.4 Å². The Hall–Kier alpha value is -2.53. The molecule has 0 radical (unpaired) electrons. The SMILES string of the molecule is O=C1C(=O)N(c2ccccc2)C(=S)N1c1ccccc1. The maximum absolute atomic E-state index is 12.1. The topological polar surface area (TPSA) is 40.6 Å². The summed E-state index contributed by atoms with van der Waals surface area (Å²) in [6.07, 6.45) is 0. The van der Waals surface area contributed by atoms with E-state index in [1.165, 1.54) is 9.80 Å². The fourth-order valence-corrected chi connectivity index (χ4v) is 2.45. The lowest BCUT2D eigenvalue weighted by molar-refractivity contribution is -0.133. The molecule has 2 aromatic carbocycles. The molecule has 1 fully saturated rings. The van der Waals surface area contributed by atoms with Gasteiger partial charge in [0.2, 0.25) is 0 Å². The van der Waals surface area contributed by atoms with Crippen molar-refractivity contribution in [3.8, 4) is 0 Å². The number of hydrogen-bond acceptors (Lipinski definition) is 3. The maximum atomic E-state index is 12.1. The molecule has 0 atom stereocenters. The van der Waals surface area contributed by atoms with Gasteiger partial charge in [-0.25, -0.2) is 9.80 Å². The molecule has 0 unspecified atom stereocenters. The van der Waals surface area contributed by atoms with Gasteiger partial charge in [-0.05, 0) is 36.5 Å². The Morgan fingerprint density at radius 2 is 1.00 bits per heavy atom. The van der Waals surface area contributed by atoms with Crippen LogP contribution in [0, 0.1) is 0 Å². The largest absolute Gasteiger partial charge is 0.323 e. The average molecular weight is 282 g/mol. The number of anilines is 2. The van der Waals surface area contributed by atoms with Gasteiger partial charge in [0.25, 0.3) is 0 Å². The summed E-state index contributed by atoms with van der Waals surface area (Å²) in [6.45, 7) is 0. The summed E-state index contributed by atoms with van der Waals surface area (Å²) in [5.41, 5.74) is 1.18. The maximum Gasteiger partial charge on any atom is 0.323 e. The van der Waals surface area contributed by atoms with Gasteiger partial charge in [0.15, 0.2) is 5.11 Å². The molecule has 0 spiro atoms. The predicted octanol–water partition coefficient (Wildman–Crippen LogP) is 2.35. The monoisotopic (exact) mass is 282 g/mol. The minimum atomic E-state index is -0.634. The van der Waals surface area contributed by atoms with Gasteiger partial charge < -0.3 is 0 Å². The van der Waals surface area contributed by atoms with E-state index < -0.39 is 11.8 Å². The molecule has 1 aliphatic rings. The van der Waals surface area contributed by atoms with Crippen LogP contribution in [-0.2, 0) is 9.59 Å². The van der Waals surface area contributed by atoms with E-state index in [9.17, 15) is 9.59 Å². The number of nitrogens with zero attached hydrogens (tertiary/aromatic N) is 2. The molecule has 0 saturated carbocycles. The van der Waals surface area contributed by atoms with Crippen LogP contribution in [0.3, 0.4) is 0 Å². The molecule has 98 valence electrons. The summed E-state index contributed by atoms with van der Waals surface area (Å²) in [5, 5.41) is 0.178. The van der Waals surface area contributed by atoms with E-state index in [-0.39, 0.29) is 5.11 Å². The van der Waals surface area contributed by atoms with Crippen LogP contribution < -0.4 is 9.80 Å². The third-order valence-electron chi connectivity index (χ3n) is 3.00. The number of carbonyl (C=O) groups excluding carboxylic acids is 2. The molecule has 1 saturated heterocycles. The normalized spacial score (nSPS) is 15.1. The number of rotatable bonds is 2. The fraction of sp³-hybridized carbons (Fsp3) is 0.